The predicted molar refractivity (Wildman–Crippen MR) is 63.3 cm³/mol. The van der Waals surface area contributed by atoms with Crippen molar-refractivity contribution >= 4 is 27.5 Å². The lowest BCUT2D eigenvalue weighted by Crippen LogP contribution is -2.12. The molecule has 0 saturated carbocycles. The lowest BCUT2D eigenvalue weighted by Gasteiger charge is -2.04. The van der Waals surface area contributed by atoms with E-state index in [1.165, 1.54) is 12.7 Å². The summed E-state index contributed by atoms with van der Waals surface area (Å²) < 4.78 is 5.68. The van der Waals surface area contributed by atoms with Gasteiger partial charge in [-0.3, -0.25) is 4.79 Å². The number of hydrogen-bond acceptors (Lipinski definition) is 3. The Balaban J connectivity index is 2.15. The zero-order chi connectivity index (χ0) is 11.5. The molecule has 0 fully saturated rings. The van der Waals surface area contributed by atoms with Gasteiger partial charge in [0.15, 0.2) is 12.1 Å². The number of amides is 1. The topological polar surface area (TPSA) is 55.1 Å². The number of benzene rings is 1. The number of anilines is 1. The highest BCUT2D eigenvalue weighted by molar-refractivity contribution is 9.10. The maximum Gasteiger partial charge on any atom is 0.277 e. The molecule has 2 aromatic rings. The molecular weight excluding hydrogens is 272 g/mol. The van der Waals surface area contributed by atoms with Crippen LogP contribution in [0.1, 0.15) is 16.1 Å². The van der Waals surface area contributed by atoms with Crippen LogP contribution in [0.5, 0.6) is 0 Å². The molecule has 0 radical (unpaired) electrons. The summed E-state index contributed by atoms with van der Waals surface area (Å²) in [6, 6.07) is 5.59. The van der Waals surface area contributed by atoms with Gasteiger partial charge in [-0.2, -0.15) is 0 Å². The molecule has 4 nitrogen and oxygen atoms in total. The van der Waals surface area contributed by atoms with Gasteiger partial charge in [-0.25, -0.2) is 4.98 Å². The van der Waals surface area contributed by atoms with Crippen LogP contribution in [0.4, 0.5) is 5.69 Å². The Kier molecular flexibility index (Phi) is 3.05. The highest BCUT2D eigenvalue weighted by atomic mass is 79.9. The highest BCUT2D eigenvalue weighted by Gasteiger charge is 2.09. The number of aromatic nitrogens is 1. The average molecular weight is 281 g/mol. The fraction of sp³-hybridized carbons (Fsp3) is 0.0909. The number of aryl methyl sites for hydroxylation is 1. The summed E-state index contributed by atoms with van der Waals surface area (Å²) in [4.78, 5) is 15.4. The predicted octanol–water partition coefficient (Wildman–Crippen LogP) is 3.00. The smallest absolute Gasteiger partial charge is 0.277 e. The quantitative estimate of drug-likeness (QED) is 0.920. The molecule has 0 aliphatic rings. The number of carbonyl (C=O) groups is 1. The van der Waals surface area contributed by atoms with Gasteiger partial charge in [0.25, 0.3) is 5.91 Å². The van der Waals surface area contributed by atoms with Crippen molar-refractivity contribution in [1.29, 1.82) is 0 Å². The fourth-order valence-electron chi connectivity index (χ4n) is 1.19. The molecule has 82 valence electrons. The van der Waals surface area contributed by atoms with Crippen molar-refractivity contribution in [2.45, 2.75) is 6.92 Å². The molecule has 0 unspecified atom stereocenters. The number of halogens is 1. The molecule has 0 bridgehead atoms. The van der Waals surface area contributed by atoms with Crippen LogP contribution in [0.15, 0.2) is 39.7 Å². The average Bonchev–Trinajstić information content (AvgIpc) is 2.77. The second kappa shape index (κ2) is 4.49. The number of carbonyl (C=O) groups excluding carboxylic acids is 1. The van der Waals surface area contributed by atoms with Crippen LogP contribution in [0.2, 0.25) is 0 Å². The van der Waals surface area contributed by atoms with E-state index >= 15 is 0 Å². The lowest BCUT2D eigenvalue weighted by molar-refractivity contribution is 0.102. The van der Waals surface area contributed by atoms with Crippen LogP contribution >= 0.6 is 15.9 Å². The van der Waals surface area contributed by atoms with Crippen molar-refractivity contribution in [3.8, 4) is 0 Å². The van der Waals surface area contributed by atoms with Crippen LogP contribution in [0.3, 0.4) is 0 Å². The first-order valence-electron chi connectivity index (χ1n) is 4.62. The molecule has 0 atom stereocenters. The van der Waals surface area contributed by atoms with Crippen molar-refractivity contribution in [1.82, 2.24) is 4.98 Å². The van der Waals surface area contributed by atoms with Crippen molar-refractivity contribution in [3.63, 3.8) is 0 Å². The van der Waals surface area contributed by atoms with E-state index in [4.69, 9.17) is 4.42 Å². The maximum absolute atomic E-state index is 11.6. The zero-order valence-corrected chi connectivity index (χ0v) is 10.1. The first-order valence-corrected chi connectivity index (χ1v) is 5.42. The fourth-order valence-corrected chi connectivity index (χ4v) is 1.57. The van der Waals surface area contributed by atoms with Crippen LogP contribution in [0, 0.1) is 6.92 Å². The lowest BCUT2D eigenvalue weighted by atomic mass is 10.2. The van der Waals surface area contributed by atoms with E-state index in [0.29, 0.717) is 5.69 Å². The molecule has 0 aliphatic carbocycles. The van der Waals surface area contributed by atoms with Gasteiger partial charge in [0.2, 0.25) is 0 Å². The molecule has 2 rings (SSSR count). The van der Waals surface area contributed by atoms with Gasteiger partial charge >= 0.3 is 0 Å². The monoisotopic (exact) mass is 280 g/mol. The minimum Gasteiger partial charge on any atom is -0.451 e. The summed E-state index contributed by atoms with van der Waals surface area (Å²) >= 11 is 3.40. The van der Waals surface area contributed by atoms with Crippen LogP contribution in [0.25, 0.3) is 0 Å². The number of hydrogen-bond donors (Lipinski definition) is 1. The SMILES string of the molecule is Cc1ccc(NC(=O)c2cocn2)cc1Br. The van der Waals surface area contributed by atoms with E-state index in [-0.39, 0.29) is 11.6 Å². The zero-order valence-electron chi connectivity index (χ0n) is 8.53. The number of oxazole rings is 1. The molecule has 16 heavy (non-hydrogen) atoms. The standard InChI is InChI=1S/C11H9BrN2O2/c1-7-2-3-8(4-9(7)12)14-11(15)10-5-16-6-13-10/h2-6H,1H3,(H,14,15). The molecule has 1 heterocycles. The van der Waals surface area contributed by atoms with E-state index in [1.54, 1.807) is 0 Å². The summed E-state index contributed by atoms with van der Waals surface area (Å²) in [5, 5.41) is 2.72. The van der Waals surface area contributed by atoms with Gasteiger partial charge < -0.3 is 9.73 Å². The van der Waals surface area contributed by atoms with Gasteiger partial charge in [-0.15, -0.1) is 0 Å². The van der Waals surface area contributed by atoms with Gasteiger partial charge in [0, 0.05) is 10.2 Å². The van der Waals surface area contributed by atoms with Gasteiger partial charge in [-0.1, -0.05) is 22.0 Å². The summed E-state index contributed by atoms with van der Waals surface area (Å²) in [6.07, 6.45) is 2.53. The van der Waals surface area contributed by atoms with Crippen LogP contribution in [-0.2, 0) is 0 Å². The third-order valence-corrected chi connectivity index (χ3v) is 2.95. The van der Waals surface area contributed by atoms with Gasteiger partial charge in [0.1, 0.15) is 6.26 Å². The van der Waals surface area contributed by atoms with Crippen LogP contribution < -0.4 is 5.32 Å². The Labute approximate surface area is 101 Å². The van der Waals surface area contributed by atoms with E-state index < -0.39 is 0 Å². The first kappa shape index (κ1) is 10.9. The van der Waals surface area contributed by atoms with E-state index in [1.807, 2.05) is 25.1 Å². The summed E-state index contributed by atoms with van der Waals surface area (Å²) in [5.41, 5.74) is 2.08. The molecule has 0 aliphatic heterocycles. The molecule has 0 spiro atoms. The third-order valence-electron chi connectivity index (χ3n) is 2.09. The van der Waals surface area contributed by atoms with Gasteiger partial charge in [-0.05, 0) is 24.6 Å². The first-order chi connectivity index (χ1) is 7.66. The Hall–Kier alpha value is -1.62. The van der Waals surface area contributed by atoms with E-state index in [0.717, 1.165) is 10.0 Å². The van der Waals surface area contributed by atoms with E-state index in [2.05, 4.69) is 26.2 Å². The van der Waals surface area contributed by atoms with Crippen molar-refractivity contribution in [2.75, 3.05) is 5.32 Å². The second-order valence-electron chi connectivity index (χ2n) is 3.29. The Morgan fingerprint density at radius 3 is 2.94 bits per heavy atom. The highest BCUT2D eigenvalue weighted by Crippen LogP contribution is 2.20. The molecule has 0 saturated heterocycles. The Morgan fingerprint density at radius 2 is 2.31 bits per heavy atom. The van der Waals surface area contributed by atoms with Crippen molar-refractivity contribution < 1.29 is 9.21 Å². The molecule has 1 N–H and O–H groups in total. The number of nitrogens with zero attached hydrogens (tertiary/aromatic N) is 1. The number of rotatable bonds is 2. The summed E-state index contributed by atoms with van der Waals surface area (Å²) in [5.74, 6) is -0.287. The number of nitrogens with one attached hydrogen (secondary N) is 1. The van der Waals surface area contributed by atoms with Gasteiger partial charge in [0.05, 0.1) is 0 Å². The molecular formula is C11H9BrN2O2. The molecule has 1 amide bonds. The summed E-state index contributed by atoms with van der Waals surface area (Å²) in [6.45, 7) is 1.98. The van der Waals surface area contributed by atoms with Crippen molar-refractivity contribution in [2.24, 2.45) is 0 Å². The normalized spacial score (nSPS) is 10.1. The largest absolute Gasteiger partial charge is 0.451 e. The maximum atomic E-state index is 11.6. The Morgan fingerprint density at radius 1 is 1.50 bits per heavy atom. The van der Waals surface area contributed by atoms with Crippen molar-refractivity contribution in [3.05, 3.63) is 46.6 Å². The third kappa shape index (κ3) is 2.30. The molecule has 1 aromatic carbocycles. The molecule has 1 aromatic heterocycles. The Bertz CT molecular complexity index is 509. The minimum absolute atomic E-state index is 0.261. The molecule has 5 heteroatoms. The second-order valence-corrected chi connectivity index (χ2v) is 4.15. The minimum atomic E-state index is -0.287. The van der Waals surface area contributed by atoms with Crippen LogP contribution in [-0.4, -0.2) is 10.9 Å². The van der Waals surface area contributed by atoms with E-state index in [9.17, 15) is 4.79 Å². The summed E-state index contributed by atoms with van der Waals surface area (Å²) in [7, 11) is 0.